The lowest BCUT2D eigenvalue weighted by molar-refractivity contribution is -0.384. The van der Waals surface area contributed by atoms with E-state index in [1.54, 1.807) is 0 Å². The molecule has 0 aromatic heterocycles. The molecule has 0 amide bonds. The van der Waals surface area contributed by atoms with E-state index in [-0.39, 0.29) is 23.0 Å². The molecule has 3 aliphatic carbocycles. The van der Waals surface area contributed by atoms with Gasteiger partial charge in [-0.2, -0.15) is 0 Å². The molecule has 2 saturated carbocycles. The van der Waals surface area contributed by atoms with Crippen LogP contribution < -0.4 is 9.47 Å². The van der Waals surface area contributed by atoms with Gasteiger partial charge in [-0.05, 0) is 91.7 Å². The summed E-state index contributed by atoms with van der Waals surface area (Å²) >= 11 is 0. The minimum atomic E-state index is -0.749. The Morgan fingerprint density at radius 1 is 0.950 bits per heavy atom. The van der Waals surface area contributed by atoms with Crippen LogP contribution in [0.4, 0.5) is 10.5 Å². The first-order valence-electron chi connectivity index (χ1n) is 14.0. The number of ether oxygens (including phenoxy) is 3. The van der Waals surface area contributed by atoms with Gasteiger partial charge in [-0.1, -0.05) is 49.9 Å². The van der Waals surface area contributed by atoms with Crippen LogP contribution in [-0.2, 0) is 11.2 Å². The average Bonchev–Trinajstić information content (AvgIpc) is 3.29. The summed E-state index contributed by atoms with van der Waals surface area (Å²) < 4.78 is 17.4. The predicted octanol–water partition coefficient (Wildman–Crippen LogP) is 8.08. The molecule has 7 heteroatoms. The van der Waals surface area contributed by atoms with Gasteiger partial charge in [0.1, 0.15) is 23.4 Å². The number of nitro groups is 1. The van der Waals surface area contributed by atoms with E-state index in [0.717, 1.165) is 49.8 Å². The van der Waals surface area contributed by atoms with Crippen LogP contribution in [0.15, 0.2) is 79.4 Å². The molecular formula is C33H33NO6. The van der Waals surface area contributed by atoms with Crippen molar-refractivity contribution in [3.63, 3.8) is 0 Å². The standard InChI is InChI=1S/C33H33NO6/c1-21(22-6-4-3-5-7-22)38-26-13-15-27-23(20-26)8-14-29-28(27)18-19-33(2)30(29)16-17-31(33)40-32(35)39-25-11-9-24(10-12-25)34(36)37/h3-7,9-13,15,20,28-31H,1,8,14,16-19H2,2H3. The summed E-state index contributed by atoms with van der Waals surface area (Å²) in [6.07, 6.45) is 5.05. The maximum Gasteiger partial charge on any atom is 0.514 e. The summed E-state index contributed by atoms with van der Waals surface area (Å²) in [6.45, 7) is 6.38. The highest BCUT2D eigenvalue weighted by Crippen LogP contribution is 2.61. The van der Waals surface area contributed by atoms with E-state index < -0.39 is 11.1 Å². The van der Waals surface area contributed by atoms with Crippen molar-refractivity contribution in [3.8, 4) is 11.5 Å². The zero-order chi connectivity index (χ0) is 27.9. The van der Waals surface area contributed by atoms with Crippen molar-refractivity contribution < 1.29 is 23.9 Å². The molecule has 0 aliphatic heterocycles. The van der Waals surface area contributed by atoms with Crippen LogP contribution in [0.2, 0.25) is 0 Å². The Labute approximate surface area is 233 Å². The molecule has 6 rings (SSSR count). The van der Waals surface area contributed by atoms with Gasteiger partial charge in [0, 0.05) is 23.1 Å². The maximum atomic E-state index is 12.7. The number of fused-ring (bicyclic) bond motifs is 5. The van der Waals surface area contributed by atoms with Gasteiger partial charge in [0.15, 0.2) is 0 Å². The van der Waals surface area contributed by atoms with Gasteiger partial charge in [0.25, 0.3) is 5.69 Å². The van der Waals surface area contributed by atoms with Crippen molar-refractivity contribution >= 4 is 17.6 Å². The van der Waals surface area contributed by atoms with Crippen molar-refractivity contribution in [2.75, 3.05) is 0 Å². The van der Waals surface area contributed by atoms with Crippen molar-refractivity contribution in [2.45, 2.75) is 57.5 Å². The first-order valence-corrected chi connectivity index (χ1v) is 14.0. The van der Waals surface area contributed by atoms with Crippen LogP contribution in [0.1, 0.15) is 61.6 Å². The molecule has 0 heterocycles. The Morgan fingerprint density at radius 3 is 2.45 bits per heavy atom. The molecule has 0 radical (unpaired) electrons. The highest BCUT2D eigenvalue weighted by Gasteiger charge is 2.56. The van der Waals surface area contributed by atoms with E-state index in [1.807, 2.05) is 30.3 Å². The number of benzene rings is 3. The fourth-order valence-corrected chi connectivity index (χ4v) is 7.47. The van der Waals surface area contributed by atoms with Crippen LogP contribution in [0.5, 0.6) is 11.5 Å². The highest BCUT2D eigenvalue weighted by molar-refractivity contribution is 5.64. The number of aryl methyl sites for hydroxylation is 1. The average molecular weight is 540 g/mol. The lowest BCUT2D eigenvalue weighted by atomic mass is 9.55. The molecule has 3 aliphatic rings. The Kier molecular flexibility index (Phi) is 6.82. The van der Waals surface area contributed by atoms with Crippen LogP contribution in [0, 0.1) is 27.4 Å². The van der Waals surface area contributed by atoms with Gasteiger partial charge < -0.3 is 14.2 Å². The quantitative estimate of drug-likeness (QED) is 0.103. The summed E-state index contributed by atoms with van der Waals surface area (Å²) in [5, 5.41) is 10.9. The molecule has 0 spiro atoms. The lowest BCUT2D eigenvalue weighted by Crippen LogP contribution is -2.45. The number of hydrogen-bond donors (Lipinski definition) is 0. The summed E-state index contributed by atoms with van der Waals surface area (Å²) in [4.78, 5) is 23.0. The number of carbonyl (C=O) groups is 1. The van der Waals surface area contributed by atoms with E-state index in [9.17, 15) is 14.9 Å². The number of carbonyl (C=O) groups excluding carboxylic acids is 1. The first-order chi connectivity index (χ1) is 19.3. The minimum Gasteiger partial charge on any atom is -0.457 e. The summed E-state index contributed by atoms with van der Waals surface area (Å²) in [5.41, 5.74) is 3.61. The molecule has 0 N–H and O–H groups in total. The smallest absolute Gasteiger partial charge is 0.457 e. The van der Waals surface area contributed by atoms with Gasteiger partial charge in [-0.15, -0.1) is 0 Å². The van der Waals surface area contributed by atoms with Gasteiger partial charge in [-0.3, -0.25) is 10.1 Å². The van der Waals surface area contributed by atoms with E-state index in [4.69, 9.17) is 14.2 Å². The molecule has 5 atom stereocenters. The molecule has 0 saturated heterocycles. The van der Waals surface area contributed by atoms with Crippen LogP contribution in [-0.4, -0.2) is 17.2 Å². The Bertz CT molecular complexity index is 1440. The van der Waals surface area contributed by atoms with Crippen LogP contribution in [0.25, 0.3) is 5.76 Å². The van der Waals surface area contributed by atoms with Gasteiger partial charge >= 0.3 is 6.16 Å². The zero-order valence-corrected chi connectivity index (χ0v) is 22.6. The third kappa shape index (κ3) is 4.85. The second kappa shape index (κ2) is 10.5. The van der Waals surface area contributed by atoms with Crippen molar-refractivity contribution in [2.24, 2.45) is 17.3 Å². The second-order valence-corrected chi connectivity index (χ2v) is 11.5. The third-order valence-electron chi connectivity index (χ3n) is 9.44. The molecule has 7 nitrogen and oxygen atoms in total. The highest BCUT2D eigenvalue weighted by atomic mass is 16.7. The minimum absolute atomic E-state index is 0.0564. The zero-order valence-electron chi connectivity index (χ0n) is 22.6. The van der Waals surface area contributed by atoms with E-state index in [2.05, 4.69) is 31.7 Å². The largest absolute Gasteiger partial charge is 0.514 e. The van der Waals surface area contributed by atoms with Crippen molar-refractivity contribution in [3.05, 3.63) is 106 Å². The molecular weight excluding hydrogens is 506 g/mol. The Morgan fingerprint density at radius 2 is 1.70 bits per heavy atom. The fourth-order valence-electron chi connectivity index (χ4n) is 7.47. The van der Waals surface area contributed by atoms with Crippen LogP contribution in [0.3, 0.4) is 0 Å². The normalized spacial score (nSPS) is 26.5. The van der Waals surface area contributed by atoms with Crippen molar-refractivity contribution in [1.82, 2.24) is 0 Å². The number of nitrogens with zero attached hydrogens (tertiary/aromatic N) is 1. The first kappa shape index (κ1) is 26.1. The number of hydrogen-bond acceptors (Lipinski definition) is 6. The number of non-ortho nitro benzene ring substituents is 1. The topological polar surface area (TPSA) is 87.9 Å². The van der Waals surface area contributed by atoms with E-state index in [1.165, 1.54) is 35.4 Å². The molecule has 40 heavy (non-hydrogen) atoms. The summed E-state index contributed by atoms with van der Waals surface area (Å²) in [5.74, 6) is 3.24. The molecule has 3 aromatic carbocycles. The maximum absolute atomic E-state index is 12.7. The summed E-state index contributed by atoms with van der Waals surface area (Å²) in [7, 11) is 0. The molecule has 0 bridgehead atoms. The lowest BCUT2D eigenvalue weighted by Gasteiger charge is -2.50. The summed E-state index contributed by atoms with van der Waals surface area (Å²) in [6, 6.07) is 21.9. The van der Waals surface area contributed by atoms with Crippen molar-refractivity contribution in [1.29, 1.82) is 0 Å². The molecule has 206 valence electrons. The SMILES string of the molecule is C=C(Oc1ccc2c(c1)CCC1C2CCC2(C)C(OC(=O)Oc3ccc([N+](=O)[O-])cc3)CCC12)c1ccccc1. The third-order valence-corrected chi connectivity index (χ3v) is 9.44. The fraction of sp³-hybridized carbons (Fsp3) is 0.364. The molecule has 5 unspecified atom stereocenters. The molecule has 3 aromatic rings. The second-order valence-electron chi connectivity index (χ2n) is 11.5. The van der Waals surface area contributed by atoms with E-state index >= 15 is 0 Å². The monoisotopic (exact) mass is 539 g/mol. The Balaban J connectivity index is 1.11. The predicted molar refractivity (Wildman–Crippen MR) is 151 cm³/mol. The van der Waals surface area contributed by atoms with Gasteiger partial charge in [0.2, 0.25) is 0 Å². The Hall–Kier alpha value is -4.13. The van der Waals surface area contributed by atoms with Crippen LogP contribution >= 0.6 is 0 Å². The number of nitro benzene ring substituents is 1. The number of rotatable bonds is 6. The van der Waals surface area contributed by atoms with Gasteiger partial charge in [-0.25, -0.2) is 4.79 Å². The molecule has 2 fully saturated rings. The van der Waals surface area contributed by atoms with Gasteiger partial charge in [0.05, 0.1) is 4.92 Å². The van der Waals surface area contributed by atoms with E-state index in [0.29, 0.717) is 23.5 Å².